The first kappa shape index (κ1) is 32.4. The van der Waals surface area contributed by atoms with Crippen molar-refractivity contribution in [2.24, 2.45) is 35.5 Å². The van der Waals surface area contributed by atoms with Gasteiger partial charge in [0.05, 0.1) is 26.7 Å². The molecule has 44 heavy (non-hydrogen) atoms. The van der Waals surface area contributed by atoms with Crippen molar-refractivity contribution in [3.63, 3.8) is 0 Å². The van der Waals surface area contributed by atoms with E-state index in [4.69, 9.17) is 18.9 Å². The van der Waals surface area contributed by atoms with Crippen LogP contribution in [0.2, 0.25) is 0 Å². The van der Waals surface area contributed by atoms with Crippen molar-refractivity contribution >= 4 is 17.3 Å². The van der Waals surface area contributed by atoms with Crippen LogP contribution in [0.1, 0.15) is 77.7 Å². The molecular formula is C36H47FO7. The van der Waals surface area contributed by atoms with Crippen molar-refractivity contribution in [2.75, 3.05) is 14.2 Å². The molecule has 4 aliphatic rings. The Morgan fingerprint density at radius 3 is 2.57 bits per heavy atom. The first-order chi connectivity index (χ1) is 21.1. The maximum atomic E-state index is 14.6. The molecule has 9 atom stereocenters. The lowest BCUT2D eigenvalue weighted by Crippen LogP contribution is -2.33. The number of allylic oxidation sites excluding steroid dienone is 5. The lowest BCUT2D eigenvalue weighted by molar-refractivity contribution is -0.151. The average molecular weight is 611 g/mol. The van der Waals surface area contributed by atoms with Crippen LogP contribution < -0.4 is 0 Å². The lowest BCUT2D eigenvalue weighted by atomic mass is 9.65. The van der Waals surface area contributed by atoms with Crippen LogP contribution in [-0.2, 0) is 28.5 Å². The monoisotopic (exact) mass is 610 g/mol. The second-order valence-electron chi connectivity index (χ2n) is 13.0. The van der Waals surface area contributed by atoms with Crippen LogP contribution in [-0.4, -0.2) is 49.6 Å². The molecule has 1 saturated carbocycles. The van der Waals surface area contributed by atoms with Gasteiger partial charge in [-0.3, -0.25) is 9.59 Å². The van der Waals surface area contributed by atoms with Gasteiger partial charge in [0.15, 0.2) is 11.5 Å². The highest BCUT2D eigenvalue weighted by atomic mass is 19.1. The fourth-order valence-electron chi connectivity index (χ4n) is 8.07. The van der Waals surface area contributed by atoms with Crippen LogP contribution in [0.25, 0.3) is 5.57 Å². The van der Waals surface area contributed by atoms with Gasteiger partial charge in [0.25, 0.3) is 0 Å². The lowest BCUT2D eigenvalue weighted by Gasteiger charge is -2.39. The Balaban J connectivity index is 1.52. The molecule has 0 bridgehead atoms. The van der Waals surface area contributed by atoms with E-state index in [-0.39, 0.29) is 77.5 Å². The largest absolute Gasteiger partial charge is 0.498 e. The smallest absolute Gasteiger partial charge is 0.306 e. The van der Waals surface area contributed by atoms with Gasteiger partial charge in [-0.1, -0.05) is 44.6 Å². The molecule has 0 amide bonds. The first-order valence-corrected chi connectivity index (χ1v) is 16.2. The number of carbonyl (C=O) groups excluding carboxylic acids is 2. The Morgan fingerprint density at radius 2 is 1.86 bits per heavy atom. The topological polar surface area (TPSA) is 91.3 Å². The van der Waals surface area contributed by atoms with Crippen molar-refractivity contribution in [3.8, 4) is 0 Å². The number of methoxy groups -OCH3 is 2. The molecule has 1 aliphatic heterocycles. The highest BCUT2D eigenvalue weighted by Crippen LogP contribution is 2.58. The van der Waals surface area contributed by atoms with Gasteiger partial charge >= 0.3 is 5.97 Å². The van der Waals surface area contributed by atoms with E-state index in [1.54, 1.807) is 19.1 Å². The normalized spacial score (nSPS) is 33.7. The summed E-state index contributed by atoms with van der Waals surface area (Å²) >= 11 is 0. The minimum absolute atomic E-state index is 0.0387. The van der Waals surface area contributed by atoms with E-state index >= 15 is 0 Å². The first-order valence-electron chi connectivity index (χ1n) is 16.2. The summed E-state index contributed by atoms with van der Waals surface area (Å²) in [6.45, 7) is 5.74. The standard InChI is InChI=1S/C36H47FO7/c1-6-25-13-8-7-10-20(2)34(39)31-18-29-27-17-26(44-36(40)35(42-5)21(3)41-4)15-23(27)16-28(22-11-9-12-24(37)14-22)33(29)30(31)19-32(38)43-25/h9,11-12,14,16,18,20,23,25-27,29-30,33,36,40H,6-8,10,13,15,17,19H2,1-5H3/b35-21+/t20-,23?,25+,26-,27-,29+,30-,33?,36+/m1/s1. The van der Waals surface area contributed by atoms with Crippen LogP contribution >= 0.6 is 0 Å². The molecule has 2 fully saturated rings. The Bertz CT molecular complexity index is 1320. The third-order valence-electron chi connectivity index (χ3n) is 10.3. The molecule has 0 spiro atoms. The van der Waals surface area contributed by atoms with Crippen molar-refractivity contribution in [1.29, 1.82) is 0 Å². The van der Waals surface area contributed by atoms with Crippen LogP contribution in [0.15, 0.2) is 53.5 Å². The number of rotatable bonds is 7. The second-order valence-corrected chi connectivity index (χ2v) is 13.0. The number of aliphatic hydroxyl groups excluding tert-OH is 1. The van der Waals surface area contributed by atoms with E-state index in [1.165, 1.54) is 20.3 Å². The van der Waals surface area contributed by atoms with Crippen molar-refractivity contribution in [1.82, 2.24) is 0 Å². The predicted octanol–water partition coefficient (Wildman–Crippen LogP) is 6.76. The zero-order valence-corrected chi connectivity index (χ0v) is 26.6. The molecule has 1 aromatic carbocycles. The number of hydrogen-bond donors (Lipinski definition) is 1. The number of cyclic esters (lactones) is 1. The summed E-state index contributed by atoms with van der Waals surface area (Å²) in [5, 5.41) is 10.9. The van der Waals surface area contributed by atoms with Crippen LogP contribution in [0, 0.1) is 41.3 Å². The third kappa shape index (κ3) is 6.66. The van der Waals surface area contributed by atoms with E-state index < -0.39 is 6.29 Å². The number of ether oxygens (including phenoxy) is 4. The number of halogens is 1. The highest BCUT2D eigenvalue weighted by Gasteiger charge is 2.53. The third-order valence-corrected chi connectivity index (χ3v) is 10.3. The van der Waals surface area contributed by atoms with Gasteiger partial charge < -0.3 is 24.1 Å². The summed E-state index contributed by atoms with van der Waals surface area (Å²) in [6.07, 6.45) is 8.29. The van der Waals surface area contributed by atoms with E-state index in [9.17, 15) is 19.1 Å². The zero-order chi connectivity index (χ0) is 31.5. The van der Waals surface area contributed by atoms with E-state index in [1.807, 2.05) is 19.9 Å². The number of fused-ring (bicyclic) bond motifs is 5. The molecule has 5 rings (SSSR count). The van der Waals surface area contributed by atoms with Crippen LogP contribution in [0.3, 0.4) is 0 Å². The Hall–Kier alpha value is -2.97. The molecule has 3 aliphatic carbocycles. The number of hydrogen-bond acceptors (Lipinski definition) is 7. The number of benzene rings is 1. The van der Waals surface area contributed by atoms with Gasteiger partial charge in [-0.2, -0.15) is 0 Å². The summed E-state index contributed by atoms with van der Waals surface area (Å²) in [4.78, 5) is 27.5. The zero-order valence-electron chi connectivity index (χ0n) is 26.6. The van der Waals surface area contributed by atoms with E-state index in [0.29, 0.717) is 24.2 Å². The average Bonchev–Trinajstić information content (AvgIpc) is 3.58. The van der Waals surface area contributed by atoms with E-state index in [2.05, 4.69) is 12.2 Å². The van der Waals surface area contributed by atoms with E-state index in [0.717, 1.165) is 43.2 Å². The fraction of sp³-hybridized carbons (Fsp3) is 0.611. The molecule has 1 aromatic rings. The molecule has 1 N–H and O–H groups in total. The number of Topliss-reactive ketones (excluding diaryl/α,β-unsaturated/α-hetero) is 1. The molecule has 8 heteroatoms. The maximum Gasteiger partial charge on any atom is 0.306 e. The van der Waals surface area contributed by atoms with Gasteiger partial charge in [-0.25, -0.2) is 4.39 Å². The Labute approximate surface area is 260 Å². The van der Waals surface area contributed by atoms with Gasteiger partial charge in [0.2, 0.25) is 6.29 Å². The van der Waals surface area contributed by atoms with Gasteiger partial charge in [0, 0.05) is 11.8 Å². The summed E-state index contributed by atoms with van der Waals surface area (Å²) in [5.74, 6) is -0.337. The molecule has 240 valence electrons. The molecule has 0 aromatic heterocycles. The summed E-state index contributed by atoms with van der Waals surface area (Å²) in [6, 6.07) is 6.59. The summed E-state index contributed by atoms with van der Waals surface area (Å²) < 4.78 is 37.3. The predicted molar refractivity (Wildman–Crippen MR) is 164 cm³/mol. The van der Waals surface area contributed by atoms with Crippen LogP contribution in [0.5, 0.6) is 0 Å². The summed E-state index contributed by atoms with van der Waals surface area (Å²) in [7, 11) is 2.98. The number of carbonyl (C=O) groups is 2. The summed E-state index contributed by atoms with van der Waals surface area (Å²) in [5.41, 5.74) is 2.45. The van der Waals surface area contributed by atoms with Crippen molar-refractivity contribution in [3.05, 3.63) is 64.9 Å². The van der Waals surface area contributed by atoms with Gasteiger partial charge in [0.1, 0.15) is 17.7 Å². The van der Waals surface area contributed by atoms with Crippen molar-refractivity contribution in [2.45, 2.75) is 90.6 Å². The van der Waals surface area contributed by atoms with Crippen molar-refractivity contribution < 1.29 is 38.0 Å². The van der Waals surface area contributed by atoms with Gasteiger partial charge in [-0.15, -0.1) is 0 Å². The molecule has 2 unspecified atom stereocenters. The minimum Gasteiger partial charge on any atom is -0.498 e. The maximum absolute atomic E-state index is 14.6. The quantitative estimate of drug-likeness (QED) is 0.207. The molecule has 7 nitrogen and oxygen atoms in total. The molecular weight excluding hydrogens is 563 g/mol. The second kappa shape index (κ2) is 14.0. The number of ketones is 1. The molecule has 1 saturated heterocycles. The fourth-order valence-corrected chi connectivity index (χ4v) is 8.07. The molecule has 0 radical (unpaired) electrons. The number of aliphatic hydroxyl groups is 1. The molecule has 1 heterocycles. The SMILES string of the molecule is CC[C@H]1CCCC[C@@H](C)C(=O)C2=C[C@@H]3C(C(c4cccc(F)c4)=CC4C[C@@H](O[C@H](O)/C(OC)=C(/C)OC)C[C@H]43)[C@@H]2CC(=O)O1. The highest BCUT2D eigenvalue weighted by molar-refractivity contribution is 5.99. The minimum atomic E-state index is -1.28. The van der Waals surface area contributed by atoms with Crippen LogP contribution in [0.4, 0.5) is 4.39 Å². The Kier molecular flexibility index (Phi) is 10.3. The van der Waals surface area contributed by atoms with Gasteiger partial charge in [-0.05, 0) is 98.0 Å². The number of esters is 1. The Morgan fingerprint density at radius 1 is 1.09 bits per heavy atom.